The molecule has 4 heteroatoms. The van der Waals surface area contributed by atoms with Gasteiger partial charge in [0.1, 0.15) is 5.41 Å². The number of rotatable bonds is 3. The van der Waals surface area contributed by atoms with Gasteiger partial charge in [-0.1, -0.05) is 18.0 Å². The summed E-state index contributed by atoms with van der Waals surface area (Å²) in [5.41, 5.74) is -0.764. The summed E-state index contributed by atoms with van der Waals surface area (Å²) >= 11 is 5.71. The molecule has 0 radical (unpaired) electrons. The fourth-order valence-corrected chi connectivity index (χ4v) is 2.07. The van der Waals surface area contributed by atoms with Gasteiger partial charge in [0.2, 0.25) is 0 Å². The summed E-state index contributed by atoms with van der Waals surface area (Å²) in [5.74, 6) is -1.32. The van der Waals surface area contributed by atoms with Gasteiger partial charge in [-0.3, -0.25) is 9.59 Å². The van der Waals surface area contributed by atoms with E-state index < -0.39 is 11.4 Å². The molecule has 0 saturated heterocycles. The van der Waals surface area contributed by atoms with Gasteiger partial charge < -0.3 is 5.11 Å². The first kappa shape index (κ1) is 11.1. The van der Waals surface area contributed by atoms with Crippen molar-refractivity contribution in [2.24, 2.45) is 5.41 Å². The summed E-state index contributed by atoms with van der Waals surface area (Å²) in [7, 11) is 0. The van der Waals surface area contributed by atoms with Crippen LogP contribution in [0.5, 0.6) is 0 Å². The number of aliphatic carboxylic acids is 1. The van der Waals surface area contributed by atoms with Crippen LogP contribution < -0.4 is 0 Å². The van der Waals surface area contributed by atoms with Gasteiger partial charge in [0.25, 0.3) is 0 Å². The van der Waals surface area contributed by atoms with Gasteiger partial charge >= 0.3 is 5.97 Å². The van der Waals surface area contributed by atoms with Crippen molar-refractivity contribution in [3.63, 3.8) is 0 Å². The predicted molar refractivity (Wildman–Crippen MR) is 59.7 cm³/mol. The topological polar surface area (TPSA) is 54.4 Å². The molecule has 0 aromatic heterocycles. The highest BCUT2D eigenvalue weighted by Gasteiger charge is 2.51. The van der Waals surface area contributed by atoms with Gasteiger partial charge in [-0.2, -0.15) is 0 Å². The molecule has 0 bridgehead atoms. The van der Waals surface area contributed by atoms with Gasteiger partial charge in [-0.05, 0) is 37.1 Å². The highest BCUT2D eigenvalue weighted by molar-refractivity contribution is 6.30. The third-order valence-corrected chi connectivity index (χ3v) is 3.41. The number of carbonyl (C=O) groups excluding carboxylic acids is 1. The number of ketones is 1. The van der Waals surface area contributed by atoms with E-state index in [4.69, 9.17) is 16.7 Å². The summed E-state index contributed by atoms with van der Waals surface area (Å²) in [5, 5.41) is 9.66. The number of halogens is 1. The van der Waals surface area contributed by atoms with Gasteiger partial charge in [0.15, 0.2) is 5.78 Å². The Morgan fingerprint density at radius 1 is 1.19 bits per heavy atom. The van der Waals surface area contributed by atoms with Crippen LogP contribution in [-0.4, -0.2) is 16.9 Å². The second kappa shape index (κ2) is 3.91. The summed E-state index contributed by atoms with van der Waals surface area (Å²) in [6, 6.07) is 6.35. The molecule has 2 rings (SSSR count). The van der Waals surface area contributed by atoms with Crippen LogP contribution in [0.2, 0.25) is 5.02 Å². The van der Waals surface area contributed by atoms with Gasteiger partial charge in [-0.25, -0.2) is 0 Å². The molecule has 0 atom stereocenters. The van der Waals surface area contributed by atoms with Crippen LogP contribution in [0, 0.1) is 5.41 Å². The third-order valence-electron chi connectivity index (χ3n) is 3.16. The molecule has 0 unspecified atom stereocenters. The average molecular weight is 239 g/mol. The van der Waals surface area contributed by atoms with Crippen molar-refractivity contribution in [1.82, 2.24) is 0 Å². The van der Waals surface area contributed by atoms with E-state index in [0.717, 1.165) is 6.42 Å². The predicted octanol–water partition coefficient (Wildman–Crippen LogP) is 2.78. The summed E-state index contributed by atoms with van der Waals surface area (Å²) < 4.78 is 0. The minimum absolute atomic E-state index is 0.303. The Morgan fingerprint density at radius 3 is 2.12 bits per heavy atom. The molecular formula is C12H11ClO3. The van der Waals surface area contributed by atoms with Crippen LogP contribution in [0.3, 0.4) is 0 Å². The van der Waals surface area contributed by atoms with Crippen LogP contribution in [0.15, 0.2) is 24.3 Å². The number of hydrogen-bond donors (Lipinski definition) is 1. The Morgan fingerprint density at radius 2 is 1.75 bits per heavy atom. The lowest BCUT2D eigenvalue weighted by Gasteiger charge is -2.35. The van der Waals surface area contributed by atoms with E-state index in [1.807, 2.05) is 0 Å². The SMILES string of the molecule is O=C(O)C1(C(=O)c2ccc(Cl)cc2)CCC1. The standard InChI is InChI=1S/C12H11ClO3/c13-9-4-2-8(3-5-9)10(14)12(11(15)16)6-1-7-12/h2-5H,1,6-7H2,(H,15,16). The monoisotopic (exact) mass is 238 g/mol. The Bertz CT molecular complexity index is 432. The number of Topliss-reactive ketones (excluding diaryl/α,β-unsaturated/α-hetero) is 1. The molecule has 0 aliphatic heterocycles. The number of hydrogen-bond acceptors (Lipinski definition) is 2. The smallest absolute Gasteiger partial charge is 0.317 e. The second-order valence-electron chi connectivity index (χ2n) is 4.08. The van der Waals surface area contributed by atoms with E-state index in [9.17, 15) is 9.59 Å². The van der Waals surface area contributed by atoms with E-state index >= 15 is 0 Å². The molecule has 0 amide bonds. The van der Waals surface area contributed by atoms with E-state index in [0.29, 0.717) is 23.4 Å². The van der Waals surface area contributed by atoms with Crippen LogP contribution in [0.1, 0.15) is 29.6 Å². The maximum Gasteiger partial charge on any atom is 0.317 e. The van der Waals surface area contributed by atoms with E-state index in [2.05, 4.69) is 0 Å². The molecule has 1 saturated carbocycles. The lowest BCUT2D eigenvalue weighted by atomic mass is 9.64. The highest BCUT2D eigenvalue weighted by Crippen LogP contribution is 2.43. The molecule has 1 aromatic carbocycles. The minimum Gasteiger partial charge on any atom is -0.480 e. The van der Waals surface area contributed by atoms with Gasteiger partial charge in [0.05, 0.1) is 0 Å². The number of carbonyl (C=O) groups is 2. The molecule has 84 valence electrons. The summed E-state index contributed by atoms with van der Waals surface area (Å²) in [6.45, 7) is 0. The van der Waals surface area contributed by atoms with Crippen molar-refractivity contribution in [2.75, 3.05) is 0 Å². The molecular weight excluding hydrogens is 228 g/mol. The van der Waals surface area contributed by atoms with Crippen molar-refractivity contribution in [3.8, 4) is 0 Å². The van der Waals surface area contributed by atoms with Crippen LogP contribution >= 0.6 is 11.6 Å². The molecule has 0 heterocycles. The Kier molecular flexibility index (Phi) is 2.72. The van der Waals surface area contributed by atoms with Crippen LogP contribution in [0.25, 0.3) is 0 Å². The number of carboxylic acids is 1. The summed E-state index contributed by atoms with van der Waals surface area (Å²) in [6.07, 6.45) is 1.67. The molecule has 1 N–H and O–H groups in total. The number of benzene rings is 1. The minimum atomic E-state index is -1.19. The van der Waals surface area contributed by atoms with E-state index in [-0.39, 0.29) is 5.78 Å². The first-order chi connectivity index (χ1) is 7.56. The Hall–Kier alpha value is -1.35. The van der Waals surface area contributed by atoms with Gasteiger partial charge in [-0.15, -0.1) is 0 Å². The fraction of sp³-hybridized carbons (Fsp3) is 0.333. The van der Waals surface area contributed by atoms with Crippen molar-refractivity contribution in [3.05, 3.63) is 34.9 Å². The van der Waals surface area contributed by atoms with Crippen molar-refractivity contribution >= 4 is 23.4 Å². The van der Waals surface area contributed by atoms with Crippen molar-refractivity contribution in [2.45, 2.75) is 19.3 Å². The van der Waals surface area contributed by atoms with Crippen LogP contribution in [-0.2, 0) is 4.79 Å². The van der Waals surface area contributed by atoms with E-state index in [1.54, 1.807) is 24.3 Å². The maximum absolute atomic E-state index is 12.1. The molecule has 3 nitrogen and oxygen atoms in total. The Labute approximate surface area is 98.0 Å². The second-order valence-corrected chi connectivity index (χ2v) is 4.51. The molecule has 1 aliphatic rings. The molecule has 1 aromatic rings. The average Bonchev–Trinajstić information content (AvgIpc) is 2.16. The first-order valence-electron chi connectivity index (χ1n) is 5.10. The molecule has 1 fully saturated rings. The number of carboxylic acid groups (broad SMARTS) is 1. The molecule has 16 heavy (non-hydrogen) atoms. The lowest BCUT2D eigenvalue weighted by molar-refractivity contribution is -0.150. The fourth-order valence-electron chi connectivity index (χ4n) is 1.95. The zero-order chi connectivity index (χ0) is 11.8. The molecule has 0 spiro atoms. The lowest BCUT2D eigenvalue weighted by Crippen LogP contribution is -2.45. The summed E-state index contributed by atoms with van der Waals surface area (Å²) in [4.78, 5) is 23.2. The zero-order valence-electron chi connectivity index (χ0n) is 8.57. The zero-order valence-corrected chi connectivity index (χ0v) is 9.33. The Balaban J connectivity index is 2.31. The van der Waals surface area contributed by atoms with E-state index in [1.165, 1.54) is 0 Å². The quantitative estimate of drug-likeness (QED) is 0.651. The maximum atomic E-state index is 12.1. The normalized spacial score (nSPS) is 17.6. The largest absolute Gasteiger partial charge is 0.480 e. The first-order valence-corrected chi connectivity index (χ1v) is 5.48. The highest BCUT2D eigenvalue weighted by atomic mass is 35.5. The van der Waals surface area contributed by atoms with Crippen molar-refractivity contribution < 1.29 is 14.7 Å². The van der Waals surface area contributed by atoms with Gasteiger partial charge in [0, 0.05) is 10.6 Å². The van der Waals surface area contributed by atoms with Crippen LogP contribution in [0.4, 0.5) is 0 Å². The third kappa shape index (κ3) is 1.61. The molecule has 1 aliphatic carbocycles. The van der Waals surface area contributed by atoms with Crippen molar-refractivity contribution in [1.29, 1.82) is 0 Å².